The largest absolute Gasteiger partial charge is 0.384 e. The van der Waals surface area contributed by atoms with E-state index in [1.807, 2.05) is 24.1 Å². The molecule has 5 heteroatoms. The molecule has 2 rings (SSSR count). The Bertz CT molecular complexity index is 452. The van der Waals surface area contributed by atoms with Gasteiger partial charge in [0.15, 0.2) is 0 Å². The second kappa shape index (κ2) is 7.00. The first-order valence-electron chi connectivity index (χ1n) is 7.47. The lowest BCUT2D eigenvalue weighted by atomic mass is 9.78. The molecule has 1 amide bonds. The Hall–Kier alpha value is -1.46. The average molecular weight is 291 g/mol. The van der Waals surface area contributed by atoms with E-state index in [0.717, 1.165) is 31.5 Å². The number of amides is 1. The maximum absolute atomic E-state index is 13.0. The molecule has 0 bridgehead atoms. The number of nitrogens with zero attached hydrogens (tertiary/aromatic N) is 2. The highest BCUT2D eigenvalue weighted by atomic mass is 16.5. The molecule has 21 heavy (non-hydrogen) atoms. The minimum atomic E-state index is -0.393. The van der Waals surface area contributed by atoms with Crippen molar-refractivity contribution in [1.82, 2.24) is 15.2 Å². The summed E-state index contributed by atoms with van der Waals surface area (Å²) in [5.74, 6) is 0.176. The molecular formula is C16H25N3O2. The van der Waals surface area contributed by atoms with E-state index in [1.165, 1.54) is 0 Å². The zero-order chi connectivity index (χ0) is 15.3. The minimum Gasteiger partial charge on any atom is -0.384 e. The van der Waals surface area contributed by atoms with Crippen LogP contribution in [0.3, 0.4) is 0 Å². The number of pyridine rings is 1. The first kappa shape index (κ1) is 15.9. The number of methoxy groups -OCH3 is 1. The van der Waals surface area contributed by atoms with Gasteiger partial charge in [-0.2, -0.15) is 0 Å². The van der Waals surface area contributed by atoms with Crippen molar-refractivity contribution >= 4 is 5.91 Å². The molecule has 1 aromatic rings. The number of hydrogen-bond acceptors (Lipinski definition) is 4. The highest BCUT2D eigenvalue weighted by Crippen LogP contribution is 2.33. The SMILES string of the molecule is COCC1(C(=O)N(C)C(C)c2ccncc2)CCNCC1. The lowest BCUT2D eigenvalue weighted by Crippen LogP contribution is -2.51. The molecule has 1 fully saturated rings. The van der Waals surface area contributed by atoms with Crippen LogP contribution in [0, 0.1) is 5.41 Å². The molecule has 0 aromatic carbocycles. The lowest BCUT2D eigenvalue weighted by Gasteiger charge is -2.40. The fourth-order valence-corrected chi connectivity index (χ4v) is 3.02. The standard InChI is InChI=1S/C16H25N3O2/c1-13(14-4-8-17-9-5-14)19(2)15(20)16(12-21-3)6-10-18-11-7-16/h4-5,8-9,13,18H,6-7,10-12H2,1-3H3. The predicted octanol–water partition coefficient (Wildman–Crippen LogP) is 1.62. The van der Waals surface area contributed by atoms with E-state index in [0.29, 0.717) is 6.61 Å². The van der Waals surface area contributed by atoms with Crippen LogP contribution >= 0.6 is 0 Å². The summed E-state index contributed by atoms with van der Waals surface area (Å²) in [6.07, 6.45) is 5.18. The summed E-state index contributed by atoms with van der Waals surface area (Å²) in [6.45, 7) is 4.27. The highest BCUT2D eigenvalue weighted by Gasteiger charge is 2.42. The molecule has 1 N–H and O–H groups in total. The third-order valence-electron chi connectivity index (χ3n) is 4.52. The molecule has 1 aliphatic rings. The van der Waals surface area contributed by atoms with Crippen LogP contribution in [0.15, 0.2) is 24.5 Å². The van der Waals surface area contributed by atoms with Crippen molar-refractivity contribution in [2.24, 2.45) is 5.41 Å². The molecule has 0 aliphatic carbocycles. The van der Waals surface area contributed by atoms with Gasteiger partial charge in [-0.1, -0.05) is 0 Å². The van der Waals surface area contributed by atoms with Crippen LogP contribution in [0.5, 0.6) is 0 Å². The van der Waals surface area contributed by atoms with Gasteiger partial charge >= 0.3 is 0 Å². The lowest BCUT2D eigenvalue weighted by molar-refractivity contribution is -0.148. The third-order valence-corrected chi connectivity index (χ3v) is 4.52. The molecule has 0 radical (unpaired) electrons. The molecule has 116 valence electrons. The summed E-state index contributed by atoms with van der Waals surface area (Å²) in [5, 5.41) is 3.32. The summed E-state index contributed by atoms with van der Waals surface area (Å²) in [7, 11) is 3.55. The Morgan fingerprint density at radius 2 is 2.05 bits per heavy atom. The number of piperidine rings is 1. The first-order chi connectivity index (χ1) is 10.1. The van der Waals surface area contributed by atoms with Gasteiger partial charge in [-0.15, -0.1) is 0 Å². The van der Waals surface area contributed by atoms with Gasteiger partial charge in [0, 0.05) is 26.6 Å². The fourth-order valence-electron chi connectivity index (χ4n) is 3.02. The number of nitrogens with one attached hydrogen (secondary N) is 1. The van der Waals surface area contributed by atoms with Crippen molar-refractivity contribution in [3.8, 4) is 0 Å². The van der Waals surface area contributed by atoms with Crippen LogP contribution < -0.4 is 5.32 Å². The van der Waals surface area contributed by atoms with E-state index in [4.69, 9.17) is 4.74 Å². The van der Waals surface area contributed by atoms with Crippen LogP contribution in [0.25, 0.3) is 0 Å². The van der Waals surface area contributed by atoms with Crippen molar-refractivity contribution in [3.05, 3.63) is 30.1 Å². The van der Waals surface area contributed by atoms with E-state index < -0.39 is 5.41 Å². The van der Waals surface area contributed by atoms with Crippen LogP contribution in [0.2, 0.25) is 0 Å². The van der Waals surface area contributed by atoms with Crippen molar-refractivity contribution in [3.63, 3.8) is 0 Å². The Labute approximate surface area is 126 Å². The summed E-state index contributed by atoms with van der Waals surface area (Å²) in [6, 6.07) is 3.95. The van der Waals surface area contributed by atoms with E-state index in [2.05, 4.69) is 17.2 Å². The van der Waals surface area contributed by atoms with E-state index in [9.17, 15) is 4.79 Å². The summed E-state index contributed by atoms with van der Waals surface area (Å²) in [5.41, 5.74) is 0.707. The molecule has 1 aliphatic heterocycles. The molecule has 1 atom stereocenters. The van der Waals surface area contributed by atoms with Crippen LogP contribution in [-0.2, 0) is 9.53 Å². The van der Waals surface area contributed by atoms with E-state index >= 15 is 0 Å². The van der Waals surface area contributed by atoms with Gasteiger partial charge in [0.2, 0.25) is 5.91 Å². The van der Waals surface area contributed by atoms with Crippen molar-refractivity contribution in [2.45, 2.75) is 25.8 Å². The zero-order valence-corrected chi connectivity index (χ0v) is 13.1. The summed E-state index contributed by atoms with van der Waals surface area (Å²) < 4.78 is 5.36. The monoisotopic (exact) mass is 291 g/mol. The Morgan fingerprint density at radius 1 is 1.43 bits per heavy atom. The number of ether oxygens (including phenoxy) is 1. The molecule has 0 saturated carbocycles. The quantitative estimate of drug-likeness (QED) is 0.895. The summed E-state index contributed by atoms with van der Waals surface area (Å²) in [4.78, 5) is 18.9. The maximum atomic E-state index is 13.0. The van der Waals surface area contributed by atoms with Gasteiger partial charge in [0.05, 0.1) is 18.1 Å². The Balaban J connectivity index is 2.16. The zero-order valence-electron chi connectivity index (χ0n) is 13.1. The second-order valence-corrected chi connectivity index (χ2v) is 5.84. The number of rotatable bonds is 5. The minimum absolute atomic E-state index is 0.0316. The number of hydrogen-bond donors (Lipinski definition) is 1. The van der Waals surface area contributed by atoms with E-state index in [1.54, 1.807) is 19.5 Å². The van der Waals surface area contributed by atoms with Gasteiger partial charge in [0.1, 0.15) is 0 Å². The van der Waals surface area contributed by atoms with Crippen LogP contribution in [-0.4, -0.2) is 49.6 Å². The van der Waals surface area contributed by atoms with Gasteiger partial charge in [-0.05, 0) is 50.6 Å². The number of carbonyl (C=O) groups is 1. The molecule has 2 heterocycles. The Kier molecular flexibility index (Phi) is 5.31. The second-order valence-electron chi connectivity index (χ2n) is 5.84. The molecule has 1 unspecified atom stereocenters. The smallest absolute Gasteiger partial charge is 0.231 e. The Morgan fingerprint density at radius 3 is 2.62 bits per heavy atom. The van der Waals surface area contributed by atoms with Crippen molar-refractivity contribution in [1.29, 1.82) is 0 Å². The normalized spacial score (nSPS) is 19.0. The first-order valence-corrected chi connectivity index (χ1v) is 7.47. The molecule has 0 spiro atoms. The van der Waals surface area contributed by atoms with Crippen LogP contribution in [0.4, 0.5) is 0 Å². The molecular weight excluding hydrogens is 266 g/mol. The van der Waals surface area contributed by atoms with Gasteiger partial charge in [-0.3, -0.25) is 9.78 Å². The van der Waals surface area contributed by atoms with Crippen molar-refractivity contribution < 1.29 is 9.53 Å². The van der Waals surface area contributed by atoms with Crippen LogP contribution in [0.1, 0.15) is 31.4 Å². The molecule has 1 saturated heterocycles. The van der Waals surface area contributed by atoms with Gasteiger partial charge in [0.25, 0.3) is 0 Å². The fraction of sp³-hybridized carbons (Fsp3) is 0.625. The summed E-state index contributed by atoms with van der Waals surface area (Å²) >= 11 is 0. The highest BCUT2D eigenvalue weighted by molar-refractivity contribution is 5.83. The van der Waals surface area contributed by atoms with Crippen molar-refractivity contribution in [2.75, 3.05) is 33.9 Å². The average Bonchev–Trinajstić information content (AvgIpc) is 2.54. The van der Waals surface area contributed by atoms with Gasteiger partial charge < -0.3 is 15.0 Å². The van der Waals surface area contributed by atoms with E-state index in [-0.39, 0.29) is 11.9 Å². The third kappa shape index (κ3) is 3.41. The topological polar surface area (TPSA) is 54.5 Å². The maximum Gasteiger partial charge on any atom is 0.231 e. The molecule has 5 nitrogen and oxygen atoms in total. The molecule has 1 aromatic heterocycles. The van der Waals surface area contributed by atoms with Gasteiger partial charge in [-0.25, -0.2) is 0 Å². The number of aromatic nitrogens is 1. The number of carbonyl (C=O) groups excluding carboxylic acids is 1. The predicted molar refractivity (Wildman–Crippen MR) is 81.8 cm³/mol.